The van der Waals surface area contributed by atoms with Crippen LogP contribution in [0.15, 0.2) is 16.5 Å². The zero-order valence-corrected chi connectivity index (χ0v) is 9.78. The molecular formula is C11H17NO4. The summed E-state index contributed by atoms with van der Waals surface area (Å²) in [5.41, 5.74) is 0. The fourth-order valence-electron chi connectivity index (χ4n) is 1.27. The molecule has 0 amide bonds. The van der Waals surface area contributed by atoms with Crippen molar-refractivity contribution in [3.8, 4) is 0 Å². The Morgan fingerprint density at radius 1 is 1.50 bits per heavy atom. The number of hydrogen-bond donors (Lipinski definition) is 1. The van der Waals surface area contributed by atoms with E-state index in [2.05, 4.69) is 10.1 Å². The summed E-state index contributed by atoms with van der Waals surface area (Å²) >= 11 is 0. The Morgan fingerprint density at radius 3 is 2.88 bits per heavy atom. The summed E-state index contributed by atoms with van der Waals surface area (Å²) in [5, 5.41) is 3.20. The summed E-state index contributed by atoms with van der Waals surface area (Å²) in [6.45, 7) is 3.19. The Bertz CT molecular complexity index is 334. The topological polar surface area (TPSA) is 60.7 Å². The minimum absolute atomic E-state index is 0.221. The molecule has 5 heteroatoms. The maximum Gasteiger partial charge on any atom is 0.373 e. The second kappa shape index (κ2) is 6.30. The third kappa shape index (κ3) is 3.67. The maximum absolute atomic E-state index is 11.1. The summed E-state index contributed by atoms with van der Waals surface area (Å²) < 4.78 is 14.8. The first-order chi connectivity index (χ1) is 7.67. The van der Waals surface area contributed by atoms with E-state index in [0.717, 1.165) is 0 Å². The third-order valence-corrected chi connectivity index (χ3v) is 2.09. The molecule has 1 heterocycles. The standard InChI is InChI=1S/C11H17NO4/c1-8(7-14-2)12-6-9-4-5-10(16-9)11(13)15-3/h4-5,8,12H,6-7H2,1-3H3. The van der Waals surface area contributed by atoms with Crippen LogP contribution < -0.4 is 5.32 Å². The largest absolute Gasteiger partial charge is 0.463 e. The molecule has 5 nitrogen and oxygen atoms in total. The van der Waals surface area contributed by atoms with Gasteiger partial charge in [-0.1, -0.05) is 0 Å². The van der Waals surface area contributed by atoms with Crippen molar-refractivity contribution in [1.82, 2.24) is 5.32 Å². The van der Waals surface area contributed by atoms with Gasteiger partial charge in [-0.15, -0.1) is 0 Å². The van der Waals surface area contributed by atoms with Gasteiger partial charge in [0, 0.05) is 13.2 Å². The van der Waals surface area contributed by atoms with Gasteiger partial charge in [0.15, 0.2) is 0 Å². The molecule has 90 valence electrons. The Morgan fingerprint density at radius 2 is 2.25 bits per heavy atom. The molecule has 1 N–H and O–H groups in total. The molecule has 16 heavy (non-hydrogen) atoms. The molecule has 1 atom stereocenters. The van der Waals surface area contributed by atoms with E-state index in [1.165, 1.54) is 7.11 Å². The second-order valence-corrected chi connectivity index (χ2v) is 3.49. The van der Waals surface area contributed by atoms with E-state index in [1.54, 1.807) is 19.2 Å². The van der Waals surface area contributed by atoms with Crippen LogP contribution in [0.4, 0.5) is 0 Å². The number of hydrogen-bond acceptors (Lipinski definition) is 5. The highest BCUT2D eigenvalue weighted by molar-refractivity contribution is 5.86. The van der Waals surface area contributed by atoms with Crippen molar-refractivity contribution in [3.63, 3.8) is 0 Å². The van der Waals surface area contributed by atoms with Crippen molar-refractivity contribution in [2.45, 2.75) is 19.5 Å². The van der Waals surface area contributed by atoms with E-state index in [9.17, 15) is 4.79 Å². The second-order valence-electron chi connectivity index (χ2n) is 3.49. The van der Waals surface area contributed by atoms with Crippen LogP contribution in [0.3, 0.4) is 0 Å². The van der Waals surface area contributed by atoms with Crippen LogP contribution in [-0.2, 0) is 16.0 Å². The van der Waals surface area contributed by atoms with Crippen molar-refractivity contribution in [2.75, 3.05) is 20.8 Å². The third-order valence-electron chi connectivity index (χ3n) is 2.09. The van der Waals surface area contributed by atoms with Gasteiger partial charge >= 0.3 is 5.97 Å². The van der Waals surface area contributed by atoms with Crippen LogP contribution in [-0.4, -0.2) is 32.8 Å². The van der Waals surface area contributed by atoms with E-state index < -0.39 is 5.97 Å². The molecule has 0 aliphatic carbocycles. The number of ether oxygens (including phenoxy) is 2. The van der Waals surface area contributed by atoms with Gasteiger partial charge in [-0.25, -0.2) is 4.79 Å². The number of nitrogens with one attached hydrogen (secondary N) is 1. The lowest BCUT2D eigenvalue weighted by atomic mass is 10.3. The summed E-state index contributed by atoms with van der Waals surface area (Å²) in [7, 11) is 2.98. The van der Waals surface area contributed by atoms with Crippen LogP contribution >= 0.6 is 0 Å². The first-order valence-electron chi connectivity index (χ1n) is 5.06. The molecule has 0 aliphatic heterocycles. The van der Waals surface area contributed by atoms with E-state index in [1.807, 2.05) is 6.92 Å². The van der Waals surface area contributed by atoms with Gasteiger partial charge in [0.25, 0.3) is 0 Å². The fourth-order valence-corrected chi connectivity index (χ4v) is 1.27. The van der Waals surface area contributed by atoms with Crippen LogP contribution in [0.2, 0.25) is 0 Å². The molecule has 0 spiro atoms. The van der Waals surface area contributed by atoms with E-state index in [0.29, 0.717) is 18.9 Å². The Balaban J connectivity index is 2.43. The Hall–Kier alpha value is -1.33. The summed E-state index contributed by atoms with van der Waals surface area (Å²) in [4.78, 5) is 11.1. The molecule has 0 saturated carbocycles. The first kappa shape index (κ1) is 12.7. The van der Waals surface area contributed by atoms with E-state index in [-0.39, 0.29) is 11.8 Å². The smallest absolute Gasteiger partial charge is 0.373 e. The van der Waals surface area contributed by atoms with Gasteiger partial charge < -0.3 is 19.2 Å². The molecule has 0 radical (unpaired) electrons. The molecular weight excluding hydrogens is 210 g/mol. The predicted octanol–water partition coefficient (Wildman–Crippen LogP) is 1.19. The van der Waals surface area contributed by atoms with Gasteiger partial charge in [-0.3, -0.25) is 0 Å². The van der Waals surface area contributed by atoms with E-state index >= 15 is 0 Å². The molecule has 0 saturated heterocycles. The molecule has 0 aromatic carbocycles. The highest BCUT2D eigenvalue weighted by atomic mass is 16.5. The number of carbonyl (C=O) groups excluding carboxylic acids is 1. The van der Waals surface area contributed by atoms with Gasteiger partial charge in [-0.05, 0) is 19.1 Å². The average molecular weight is 227 g/mol. The normalized spacial score (nSPS) is 12.4. The highest BCUT2D eigenvalue weighted by Gasteiger charge is 2.11. The minimum atomic E-state index is -0.462. The number of esters is 1. The fraction of sp³-hybridized carbons (Fsp3) is 0.545. The monoisotopic (exact) mass is 227 g/mol. The van der Waals surface area contributed by atoms with Crippen LogP contribution in [0.25, 0.3) is 0 Å². The zero-order valence-electron chi connectivity index (χ0n) is 9.78. The minimum Gasteiger partial charge on any atom is -0.463 e. The lowest BCUT2D eigenvalue weighted by Crippen LogP contribution is -2.29. The van der Waals surface area contributed by atoms with Gasteiger partial charge in [-0.2, -0.15) is 0 Å². The SMILES string of the molecule is COCC(C)NCc1ccc(C(=O)OC)o1. The zero-order chi connectivity index (χ0) is 12.0. The number of furan rings is 1. The van der Waals surface area contributed by atoms with Gasteiger partial charge in [0.2, 0.25) is 5.76 Å². The van der Waals surface area contributed by atoms with Crippen molar-refractivity contribution in [3.05, 3.63) is 23.7 Å². The maximum atomic E-state index is 11.1. The summed E-state index contributed by atoms with van der Waals surface area (Å²) in [5.74, 6) is 0.457. The molecule has 1 rings (SSSR count). The predicted molar refractivity (Wildman–Crippen MR) is 58.2 cm³/mol. The van der Waals surface area contributed by atoms with Crippen LogP contribution in [0.1, 0.15) is 23.2 Å². The molecule has 0 fully saturated rings. The lowest BCUT2D eigenvalue weighted by Gasteiger charge is -2.10. The van der Waals surface area contributed by atoms with Crippen molar-refractivity contribution >= 4 is 5.97 Å². The highest BCUT2D eigenvalue weighted by Crippen LogP contribution is 2.08. The average Bonchev–Trinajstić information content (AvgIpc) is 2.74. The summed E-state index contributed by atoms with van der Waals surface area (Å²) in [6, 6.07) is 3.58. The van der Waals surface area contributed by atoms with E-state index in [4.69, 9.17) is 9.15 Å². The molecule has 0 aliphatic rings. The van der Waals surface area contributed by atoms with Crippen LogP contribution in [0, 0.1) is 0 Å². The van der Waals surface area contributed by atoms with Crippen LogP contribution in [0.5, 0.6) is 0 Å². The number of methoxy groups -OCH3 is 2. The van der Waals surface area contributed by atoms with Crippen molar-refractivity contribution in [1.29, 1.82) is 0 Å². The molecule has 0 bridgehead atoms. The molecule has 1 aromatic heterocycles. The van der Waals surface area contributed by atoms with Gasteiger partial charge in [0.05, 0.1) is 20.3 Å². The Kier molecular flexibility index (Phi) is 5.01. The quantitative estimate of drug-likeness (QED) is 0.740. The molecule has 1 aromatic rings. The van der Waals surface area contributed by atoms with Gasteiger partial charge in [0.1, 0.15) is 5.76 Å². The number of carbonyl (C=O) groups is 1. The molecule has 1 unspecified atom stereocenters. The summed E-state index contributed by atoms with van der Waals surface area (Å²) in [6.07, 6.45) is 0. The Labute approximate surface area is 94.7 Å². The lowest BCUT2D eigenvalue weighted by molar-refractivity contribution is 0.0562. The van der Waals surface area contributed by atoms with Crippen molar-refractivity contribution in [2.24, 2.45) is 0 Å². The van der Waals surface area contributed by atoms with Crippen molar-refractivity contribution < 1.29 is 18.7 Å². The number of rotatable bonds is 6. The first-order valence-corrected chi connectivity index (χ1v) is 5.06.